The first-order valence-electron chi connectivity index (χ1n) is 8.29. The maximum Gasteiger partial charge on any atom is 0.259 e. The highest BCUT2D eigenvalue weighted by molar-refractivity contribution is 6.13. The van der Waals surface area contributed by atoms with Crippen molar-refractivity contribution in [3.8, 4) is 0 Å². The highest BCUT2D eigenvalue weighted by Crippen LogP contribution is 2.42. The lowest BCUT2D eigenvalue weighted by Gasteiger charge is -2.30. The molecule has 0 radical (unpaired) electrons. The van der Waals surface area contributed by atoms with Crippen LogP contribution in [0.4, 0.5) is 0 Å². The Morgan fingerprint density at radius 2 is 1.46 bits per heavy atom. The van der Waals surface area contributed by atoms with E-state index in [0.717, 1.165) is 12.8 Å². The molecule has 0 aromatic heterocycles. The average molecular weight is 323 g/mol. The number of hydrogen-bond acceptors (Lipinski definition) is 3. The number of imide groups is 1. The molecule has 1 aliphatic heterocycles. The Hall–Kier alpha value is -2.46. The van der Waals surface area contributed by atoms with Crippen LogP contribution in [-0.2, 0) is 15.0 Å². The van der Waals surface area contributed by atoms with Crippen LogP contribution in [0.2, 0.25) is 0 Å². The van der Waals surface area contributed by atoms with Gasteiger partial charge in [0.2, 0.25) is 5.91 Å². The molecule has 2 aromatic rings. The van der Waals surface area contributed by atoms with E-state index < -0.39 is 17.4 Å². The second kappa shape index (κ2) is 6.57. The number of nitrogens with zero attached hydrogens (tertiary/aromatic N) is 1. The number of rotatable bonds is 5. The zero-order valence-electron chi connectivity index (χ0n) is 13.7. The van der Waals surface area contributed by atoms with Gasteiger partial charge in [-0.05, 0) is 17.5 Å². The number of carbonyl (C=O) groups is 2. The minimum atomic E-state index is -1.41. The molecule has 0 saturated carbocycles. The maximum absolute atomic E-state index is 13.3. The fraction of sp³-hybridized carbons (Fsp3) is 0.300. The molecule has 1 atom stereocenters. The third kappa shape index (κ3) is 2.34. The molecule has 1 heterocycles. The van der Waals surface area contributed by atoms with Crippen molar-refractivity contribution in [2.24, 2.45) is 0 Å². The van der Waals surface area contributed by atoms with Gasteiger partial charge in [-0.1, -0.05) is 74.0 Å². The van der Waals surface area contributed by atoms with Crippen molar-refractivity contribution in [3.05, 3.63) is 71.8 Å². The number of amides is 2. The van der Waals surface area contributed by atoms with Gasteiger partial charge in [0, 0.05) is 6.54 Å². The molecule has 3 rings (SSSR count). The summed E-state index contributed by atoms with van der Waals surface area (Å²) >= 11 is 0. The van der Waals surface area contributed by atoms with Crippen LogP contribution < -0.4 is 0 Å². The van der Waals surface area contributed by atoms with Gasteiger partial charge in [0.05, 0.1) is 0 Å². The summed E-state index contributed by atoms with van der Waals surface area (Å²) in [6.45, 7) is 2.34. The predicted molar refractivity (Wildman–Crippen MR) is 91.3 cm³/mol. The summed E-state index contributed by atoms with van der Waals surface area (Å²) in [7, 11) is 0. The quantitative estimate of drug-likeness (QED) is 0.860. The summed E-state index contributed by atoms with van der Waals surface area (Å²) in [5, 5.41) is 10.8. The van der Waals surface area contributed by atoms with Crippen molar-refractivity contribution < 1.29 is 14.7 Å². The number of carbonyl (C=O) groups excluding carboxylic acids is 2. The Bertz CT molecular complexity index is 688. The Labute approximate surface area is 141 Å². The number of likely N-dealkylation sites (tertiary alicyclic amines) is 1. The van der Waals surface area contributed by atoms with Gasteiger partial charge in [0.1, 0.15) is 5.41 Å². The first kappa shape index (κ1) is 16.4. The molecular formula is C20H21NO3. The molecule has 1 N–H and O–H groups in total. The molecule has 0 bridgehead atoms. The Balaban J connectivity index is 2.19. The lowest BCUT2D eigenvalue weighted by molar-refractivity contribution is -0.141. The maximum atomic E-state index is 13.3. The SMILES string of the molecule is CCCCN1C(=O)[C@H](O)C(c2ccccc2)(c2ccccc2)C1=O. The molecule has 2 amide bonds. The summed E-state index contributed by atoms with van der Waals surface area (Å²) in [6, 6.07) is 18.2. The van der Waals surface area contributed by atoms with Crippen LogP contribution in [0.1, 0.15) is 30.9 Å². The van der Waals surface area contributed by atoms with Gasteiger partial charge in [-0.25, -0.2) is 0 Å². The minimum Gasteiger partial charge on any atom is -0.381 e. The molecule has 4 heteroatoms. The summed E-state index contributed by atoms with van der Waals surface area (Å²) in [4.78, 5) is 27.2. The topological polar surface area (TPSA) is 57.6 Å². The average Bonchev–Trinajstić information content (AvgIpc) is 2.82. The Kier molecular flexibility index (Phi) is 4.49. The van der Waals surface area contributed by atoms with Crippen molar-refractivity contribution in [1.29, 1.82) is 0 Å². The largest absolute Gasteiger partial charge is 0.381 e. The van der Waals surface area contributed by atoms with E-state index >= 15 is 0 Å². The van der Waals surface area contributed by atoms with Crippen molar-refractivity contribution in [3.63, 3.8) is 0 Å². The van der Waals surface area contributed by atoms with E-state index in [1.165, 1.54) is 4.90 Å². The Morgan fingerprint density at radius 1 is 0.958 bits per heavy atom. The second-order valence-corrected chi connectivity index (χ2v) is 6.09. The fourth-order valence-corrected chi connectivity index (χ4v) is 3.42. The van der Waals surface area contributed by atoms with E-state index in [2.05, 4.69) is 0 Å². The number of benzene rings is 2. The first-order chi connectivity index (χ1) is 11.6. The van der Waals surface area contributed by atoms with Crippen LogP contribution in [-0.4, -0.2) is 34.5 Å². The van der Waals surface area contributed by atoms with Crippen molar-refractivity contribution >= 4 is 11.8 Å². The van der Waals surface area contributed by atoms with Gasteiger partial charge in [-0.3, -0.25) is 14.5 Å². The zero-order chi connectivity index (χ0) is 17.2. The third-order valence-corrected chi connectivity index (χ3v) is 4.69. The summed E-state index contributed by atoms with van der Waals surface area (Å²) < 4.78 is 0. The summed E-state index contributed by atoms with van der Waals surface area (Å²) in [5.41, 5.74) is -0.0880. The number of aliphatic hydroxyl groups is 1. The smallest absolute Gasteiger partial charge is 0.259 e. The van der Waals surface area contributed by atoms with E-state index in [9.17, 15) is 14.7 Å². The molecule has 0 aliphatic carbocycles. The van der Waals surface area contributed by atoms with Crippen LogP contribution in [0.5, 0.6) is 0 Å². The van der Waals surface area contributed by atoms with Gasteiger partial charge in [0.15, 0.2) is 6.10 Å². The third-order valence-electron chi connectivity index (χ3n) is 4.69. The molecule has 1 saturated heterocycles. The van der Waals surface area contributed by atoms with Crippen LogP contribution in [0, 0.1) is 0 Å². The fourth-order valence-electron chi connectivity index (χ4n) is 3.42. The van der Waals surface area contributed by atoms with E-state index in [1.807, 2.05) is 43.3 Å². The monoisotopic (exact) mass is 323 g/mol. The lowest BCUT2D eigenvalue weighted by atomic mass is 9.71. The van der Waals surface area contributed by atoms with Crippen molar-refractivity contribution in [2.75, 3.05) is 6.54 Å². The van der Waals surface area contributed by atoms with Crippen LogP contribution in [0.25, 0.3) is 0 Å². The molecule has 1 fully saturated rings. The van der Waals surface area contributed by atoms with E-state index in [1.54, 1.807) is 24.3 Å². The molecular weight excluding hydrogens is 302 g/mol. The lowest BCUT2D eigenvalue weighted by Crippen LogP contribution is -2.44. The van der Waals surface area contributed by atoms with Crippen LogP contribution in [0.15, 0.2) is 60.7 Å². The van der Waals surface area contributed by atoms with Crippen LogP contribution >= 0.6 is 0 Å². The normalized spacial score (nSPS) is 19.8. The molecule has 4 nitrogen and oxygen atoms in total. The summed E-state index contributed by atoms with van der Waals surface area (Å²) in [6.07, 6.45) is 0.187. The zero-order valence-corrected chi connectivity index (χ0v) is 13.7. The van der Waals surface area contributed by atoms with Gasteiger partial charge in [-0.2, -0.15) is 0 Å². The molecule has 0 spiro atoms. The Morgan fingerprint density at radius 3 is 1.92 bits per heavy atom. The van der Waals surface area contributed by atoms with Gasteiger partial charge < -0.3 is 5.11 Å². The van der Waals surface area contributed by atoms with Gasteiger partial charge >= 0.3 is 0 Å². The van der Waals surface area contributed by atoms with Crippen molar-refractivity contribution in [2.45, 2.75) is 31.3 Å². The van der Waals surface area contributed by atoms with Crippen LogP contribution in [0.3, 0.4) is 0 Å². The van der Waals surface area contributed by atoms with Gasteiger partial charge in [-0.15, -0.1) is 0 Å². The van der Waals surface area contributed by atoms with Gasteiger partial charge in [0.25, 0.3) is 5.91 Å². The highest BCUT2D eigenvalue weighted by atomic mass is 16.3. The van der Waals surface area contributed by atoms with Crippen molar-refractivity contribution in [1.82, 2.24) is 4.90 Å². The standard InChI is InChI=1S/C20H21NO3/c1-2-3-14-21-18(23)17(22)20(19(21)24,15-10-6-4-7-11-15)16-12-8-5-9-13-16/h4-13,17,22H,2-3,14H2,1H3/t17-/m0/s1. The molecule has 124 valence electrons. The minimum absolute atomic E-state index is 0.340. The number of unbranched alkanes of at least 4 members (excludes halogenated alkanes) is 1. The molecule has 1 aliphatic rings. The predicted octanol–water partition coefficient (Wildman–Crippen LogP) is 2.50. The molecule has 0 unspecified atom stereocenters. The number of aliphatic hydroxyl groups excluding tert-OH is 1. The molecule has 2 aromatic carbocycles. The second-order valence-electron chi connectivity index (χ2n) is 6.09. The summed E-state index contributed by atoms with van der Waals surface area (Å²) in [5.74, 6) is -0.855. The van der Waals surface area contributed by atoms with E-state index in [0.29, 0.717) is 17.7 Å². The highest BCUT2D eigenvalue weighted by Gasteiger charge is 2.60. The van der Waals surface area contributed by atoms with E-state index in [4.69, 9.17) is 0 Å². The molecule has 24 heavy (non-hydrogen) atoms. The van der Waals surface area contributed by atoms with E-state index in [-0.39, 0.29) is 5.91 Å². The first-order valence-corrected chi connectivity index (χ1v) is 8.29. The number of hydrogen-bond donors (Lipinski definition) is 1.